The van der Waals surface area contributed by atoms with Crippen LogP contribution in [-0.4, -0.2) is 43.5 Å². The molecule has 7 heteroatoms. The number of carbonyl (C=O) groups is 1. The van der Waals surface area contributed by atoms with Crippen LogP contribution in [0.2, 0.25) is 0 Å². The van der Waals surface area contributed by atoms with Gasteiger partial charge in [-0.05, 0) is 29.8 Å². The highest BCUT2D eigenvalue weighted by atomic mass is 16.3. The van der Waals surface area contributed by atoms with E-state index in [9.17, 15) is 4.79 Å². The summed E-state index contributed by atoms with van der Waals surface area (Å²) in [7, 11) is 0. The predicted octanol–water partition coefficient (Wildman–Crippen LogP) is 2.56. The first kappa shape index (κ1) is 14.0. The van der Waals surface area contributed by atoms with Crippen molar-refractivity contribution < 1.29 is 9.21 Å². The van der Waals surface area contributed by atoms with Crippen LogP contribution < -0.4 is 0 Å². The SMILES string of the molecule is O=C(c1ccn[nH]1)N1CC(c2ncn3ccc(-c4ccoc4)cc23)C1. The molecule has 25 heavy (non-hydrogen) atoms. The van der Waals surface area contributed by atoms with Crippen molar-refractivity contribution in [2.45, 2.75) is 5.92 Å². The number of amides is 1. The third kappa shape index (κ3) is 2.24. The molecule has 0 saturated carbocycles. The maximum absolute atomic E-state index is 12.3. The molecule has 1 aliphatic rings. The number of likely N-dealkylation sites (tertiary alicyclic amines) is 1. The number of hydrogen-bond acceptors (Lipinski definition) is 4. The normalized spacial score (nSPS) is 14.8. The van der Waals surface area contributed by atoms with Crippen molar-refractivity contribution >= 4 is 11.4 Å². The zero-order valence-corrected chi connectivity index (χ0v) is 13.3. The third-order valence-electron chi connectivity index (χ3n) is 4.71. The van der Waals surface area contributed by atoms with Gasteiger partial charge in [0.15, 0.2) is 0 Å². The molecule has 1 amide bonds. The lowest BCUT2D eigenvalue weighted by Gasteiger charge is -2.38. The van der Waals surface area contributed by atoms with E-state index in [0.29, 0.717) is 18.8 Å². The van der Waals surface area contributed by atoms with E-state index in [2.05, 4.69) is 21.2 Å². The number of nitrogens with one attached hydrogen (secondary N) is 1. The van der Waals surface area contributed by atoms with Gasteiger partial charge in [-0.2, -0.15) is 5.10 Å². The zero-order valence-electron chi connectivity index (χ0n) is 13.3. The number of furan rings is 1. The van der Waals surface area contributed by atoms with E-state index in [-0.39, 0.29) is 11.8 Å². The molecule has 0 aliphatic carbocycles. The van der Waals surface area contributed by atoms with Crippen LogP contribution in [0.5, 0.6) is 0 Å². The van der Waals surface area contributed by atoms with Gasteiger partial charge in [0.1, 0.15) is 5.69 Å². The number of aromatic amines is 1. The molecular formula is C18H15N5O2. The molecule has 0 spiro atoms. The standard InChI is InChI=1S/C18H15N5O2/c24-18(15-1-4-20-21-15)23-8-14(9-23)17-16-7-12(13-3-6-25-10-13)2-5-22(16)11-19-17/h1-7,10-11,14H,8-9H2,(H,20,21). The molecule has 0 aromatic carbocycles. The maximum atomic E-state index is 12.3. The molecule has 1 fully saturated rings. The van der Waals surface area contributed by atoms with Gasteiger partial charge in [-0.25, -0.2) is 4.98 Å². The van der Waals surface area contributed by atoms with Crippen LogP contribution in [0.4, 0.5) is 0 Å². The van der Waals surface area contributed by atoms with E-state index in [1.165, 1.54) is 0 Å². The van der Waals surface area contributed by atoms with Gasteiger partial charge in [0.2, 0.25) is 0 Å². The molecule has 0 atom stereocenters. The average molecular weight is 333 g/mol. The van der Waals surface area contributed by atoms with Gasteiger partial charge in [-0.15, -0.1) is 0 Å². The van der Waals surface area contributed by atoms with Crippen LogP contribution in [0, 0.1) is 0 Å². The predicted molar refractivity (Wildman–Crippen MR) is 90.1 cm³/mol. The van der Waals surface area contributed by atoms with Crippen molar-refractivity contribution in [1.82, 2.24) is 24.5 Å². The van der Waals surface area contributed by atoms with E-state index in [0.717, 1.165) is 22.3 Å². The Bertz CT molecular complexity index is 1030. The molecule has 0 bridgehead atoms. The summed E-state index contributed by atoms with van der Waals surface area (Å²) in [4.78, 5) is 18.7. The number of rotatable bonds is 3. The van der Waals surface area contributed by atoms with E-state index in [4.69, 9.17) is 4.42 Å². The Morgan fingerprint density at radius 2 is 2.16 bits per heavy atom. The number of imidazole rings is 1. The van der Waals surface area contributed by atoms with Crippen molar-refractivity contribution in [2.75, 3.05) is 13.1 Å². The second-order valence-corrected chi connectivity index (χ2v) is 6.23. The first-order valence-corrected chi connectivity index (χ1v) is 8.07. The van der Waals surface area contributed by atoms with E-state index in [1.54, 1.807) is 24.8 Å². The van der Waals surface area contributed by atoms with Crippen molar-refractivity contribution in [1.29, 1.82) is 0 Å². The van der Waals surface area contributed by atoms with E-state index < -0.39 is 0 Å². The van der Waals surface area contributed by atoms with Gasteiger partial charge >= 0.3 is 0 Å². The summed E-state index contributed by atoms with van der Waals surface area (Å²) in [6.45, 7) is 1.33. The Hall–Kier alpha value is -3.35. The second kappa shape index (κ2) is 5.34. The molecule has 5 heterocycles. The quantitative estimate of drug-likeness (QED) is 0.625. The van der Waals surface area contributed by atoms with Crippen LogP contribution in [0.15, 0.2) is 59.9 Å². The minimum absolute atomic E-state index is 0.0173. The molecule has 1 aliphatic heterocycles. The molecule has 4 aromatic heterocycles. The molecule has 0 unspecified atom stereocenters. The number of fused-ring (bicyclic) bond motifs is 1. The summed E-state index contributed by atoms with van der Waals surface area (Å²) < 4.78 is 7.19. The lowest BCUT2D eigenvalue weighted by Crippen LogP contribution is -2.48. The summed E-state index contributed by atoms with van der Waals surface area (Å²) in [5.41, 5.74) is 4.75. The highest BCUT2D eigenvalue weighted by molar-refractivity contribution is 5.93. The van der Waals surface area contributed by atoms with E-state index >= 15 is 0 Å². The highest BCUT2D eigenvalue weighted by Gasteiger charge is 2.35. The number of carbonyl (C=O) groups excluding carboxylic acids is 1. The Labute approximate surface area is 142 Å². The number of hydrogen-bond donors (Lipinski definition) is 1. The number of pyridine rings is 1. The fourth-order valence-corrected chi connectivity index (χ4v) is 3.29. The first-order chi connectivity index (χ1) is 12.3. The minimum atomic E-state index is -0.0173. The van der Waals surface area contributed by atoms with Crippen LogP contribution in [0.3, 0.4) is 0 Å². The van der Waals surface area contributed by atoms with Crippen LogP contribution in [-0.2, 0) is 0 Å². The average Bonchev–Trinajstić information content (AvgIpc) is 3.34. The van der Waals surface area contributed by atoms with Gasteiger partial charge in [-0.3, -0.25) is 9.89 Å². The van der Waals surface area contributed by atoms with Gasteiger partial charge in [0, 0.05) is 37.0 Å². The fraction of sp³-hybridized carbons (Fsp3) is 0.167. The lowest BCUT2D eigenvalue weighted by molar-refractivity contribution is 0.0594. The van der Waals surface area contributed by atoms with Crippen molar-refractivity contribution in [2.24, 2.45) is 0 Å². The third-order valence-corrected chi connectivity index (χ3v) is 4.71. The molecule has 124 valence electrons. The summed E-state index contributed by atoms with van der Waals surface area (Å²) in [6, 6.07) is 7.79. The fourth-order valence-electron chi connectivity index (χ4n) is 3.29. The van der Waals surface area contributed by atoms with E-state index in [1.807, 2.05) is 34.0 Å². The van der Waals surface area contributed by atoms with Crippen molar-refractivity contribution in [3.05, 3.63) is 66.9 Å². The van der Waals surface area contributed by atoms with Gasteiger partial charge in [0.05, 0.1) is 30.1 Å². The molecular weight excluding hydrogens is 318 g/mol. The Morgan fingerprint density at radius 3 is 2.92 bits per heavy atom. The minimum Gasteiger partial charge on any atom is -0.472 e. The monoisotopic (exact) mass is 333 g/mol. The van der Waals surface area contributed by atoms with Crippen LogP contribution >= 0.6 is 0 Å². The molecule has 7 nitrogen and oxygen atoms in total. The smallest absolute Gasteiger partial charge is 0.271 e. The Balaban J connectivity index is 1.41. The topological polar surface area (TPSA) is 79.4 Å². The zero-order chi connectivity index (χ0) is 16.8. The maximum Gasteiger partial charge on any atom is 0.271 e. The molecule has 1 N–H and O–H groups in total. The first-order valence-electron chi connectivity index (χ1n) is 8.07. The van der Waals surface area contributed by atoms with Crippen molar-refractivity contribution in [3.63, 3.8) is 0 Å². The molecule has 4 aromatic rings. The van der Waals surface area contributed by atoms with Gasteiger partial charge in [0.25, 0.3) is 5.91 Å². The highest BCUT2D eigenvalue weighted by Crippen LogP contribution is 2.31. The van der Waals surface area contributed by atoms with Gasteiger partial charge in [-0.1, -0.05) is 0 Å². The Morgan fingerprint density at radius 1 is 1.24 bits per heavy atom. The summed E-state index contributed by atoms with van der Waals surface area (Å²) in [5.74, 6) is 0.229. The van der Waals surface area contributed by atoms with Gasteiger partial charge < -0.3 is 13.7 Å². The summed E-state index contributed by atoms with van der Waals surface area (Å²) >= 11 is 0. The number of aromatic nitrogens is 4. The second-order valence-electron chi connectivity index (χ2n) is 6.23. The largest absolute Gasteiger partial charge is 0.472 e. The van der Waals surface area contributed by atoms with Crippen molar-refractivity contribution in [3.8, 4) is 11.1 Å². The molecule has 1 saturated heterocycles. The lowest BCUT2D eigenvalue weighted by atomic mass is 9.94. The molecule has 0 radical (unpaired) electrons. The summed E-state index contributed by atoms with van der Waals surface area (Å²) in [5, 5.41) is 6.55. The number of H-pyrrole nitrogens is 1. The van der Waals surface area contributed by atoms with Crippen LogP contribution in [0.1, 0.15) is 22.1 Å². The molecule has 5 rings (SSSR count). The number of nitrogens with zero attached hydrogens (tertiary/aromatic N) is 4. The van der Waals surface area contributed by atoms with Crippen LogP contribution in [0.25, 0.3) is 16.6 Å². The summed E-state index contributed by atoms with van der Waals surface area (Å²) in [6.07, 6.45) is 8.81. The Kier molecular flexibility index (Phi) is 3.00.